The average Bonchev–Trinajstić information content (AvgIpc) is 3.22. The summed E-state index contributed by atoms with van der Waals surface area (Å²) in [6.07, 6.45) is 3.47. The second kappa shape index (κ2) is 10.2. The standard InChI is InChI=1S/C26H25N7O2/c1-17(27-3)16-33(35)24-13-10-20(25-18(2)30-23-7-5-6-14-32(23)25)21(31-24)11-8-19-9-12-22(29-15-19)26(34)28-4/h5-7,9-10,12-15,17,27H,16H2,1-4H3/p+1. The van der Waals surface area contributed by atoms with E-state index >= 15 is 0 Å². The first kappa shape index (κ1) is 23.7. The van der Waals surface area contributed by atoms with E-state index in [1.807, 2.05) is 55.8 Å². The van der Waals surface area contributed by atoms with Crippen LogP contribution < -0.4 is 10.6 Å². The van der Waals surface area contributed by atoms with Gasteiger partial charge in [-0.2, -0.15) is 0 Å². The molecule has 35 heavy (non-hydrogen) atoms. The minimum atomic E-state index is -0.268. The second-order valence-electron chi connectivity index (χ2n) is 8.05. The van der Waals surface area contributed by atoms with Crippen molar-refractivity contribution in [3.05, 3.63) is 82.4 Å². The van der Waals surface area contributed by atoms with Crippen LogP contribution in [-0.4, -0.2) is 56.7 Å². The molecule has 0 saturated heterocycles. The third kappa shape index (κ3) is 5.08. The third-order valence-corrected chi connectivity index (χ3v) is 5.58. The summed E-state index contributed by atoms with van der Waals surface area (Å²) >= 11 is 0. The van der Waals surface area contributed by atoms with Crippen LogP contribution in [0.25, 0.3) is 16.9 Å². The van der Waals surface area contributed by atoms with Crippen molar-refractivity contribution in [1.82, 2.24) is 30.0 Å². The lowest BCUT2D eigenvalue weighted by Crippen LogP contribution is -2.29. The number of likely N-dealkylation sites (N-methyl/N-ethyl adjacent to an activating group) is 1. The Labute approximate surface area is 203 Å². The van der Waals surface area contributed by atoms with Gasteiger partial charge in [0.05, 0.1) is 17.0 Å². The topological polar surface area (TPSA) is 104 Å². The van der Waals surface area contributed by atoms with Crippen molar-refractivity contribution < 1.29 is 9.55 Å². The highest BCUT2D eigenvalue weighted by Gasteiger charge is 2.23. The van der Waals surface area contributed by atoms with E-state index in [0.717, 1.165) is 27.4 Å². The van der Waals surface area contributed by atoms with Gasteiger partial charge < -0.3 is 10.6 Å². The SMILES string of the molecule is CNC(=O)c1ccc(C#Cc2nc([N+](=O)CC(C)NC)ccc2-c2c(C)nc3ccccn23)cn1. The Morgan fingerprint density at radius 1 is 1.11 bits per heavy atom. The molecule has 1 atom stereocenters. The number of carbonyl (C=O) groups excluding carboxylic acids is 1. The number of rotatable bonds is 6. The van der Waals surface area contributed by atoms with Gasteiger partial charge in [0, 0.05) is 37.1 Å². The Morgan fingerprint density at radius 2 is 1.94 bits per heavy atom. The average molecular weight is 469 g/mol. The van der Waals surface area contributed by atoms with Crippen molar-refractivity contribution in [1.29, 1.82) is 0 Å². The first-order chi connectivity index (χ1) is 16.9. The quantitative estimate of drug-likeness (QED) is 0.333. The number of fused-ring (bicyclic) bond motifs is 1. The molecule has 176 valence electrons. The number of hydrogen-bond donors (Lipinski definition) is 2. The summed E-state index contributed by atoms with van der Waals surface area (Å²) in [5, 5.41) is 5.60. The molecule has 9 nitrogen and oxygen atoms in total. The lowest BCUT2D eigenvalue weighted by molar-refractivity contribution is -0.470. The third-order valence-electron chi connectivity index (χ3n) is 5.58. The fourth-order valence-electron chi connectivity index (χ4n) is 3.61. The van der Waals surface area contributed by atoms with E-state index in [0.29, 0.717) is 17.0 Å². The van der Waals surface area contributed by atoms with E-state index in [4.69, 9.17) is 0 Å². The second-order valence-corrected chi connectivity index (χ2v) is 8.05. The molecule has 0 spiro atoms. The van der Waals surface area contributed by atoms with Gasteiger partial charge in [-0.05, 0) is 66.9 Å². The number of carbonyl (C=O) groups is 1. The Kier molecular flexibility index (Phi) is 6.94. The Balaban J connectivity index is 1.81. The van der Waals surface area contributed by atoms with Crippen LogP contribution in [0, 0.1) is 23.7 Å². The van der Waals surface area contributed by atoms with E-state index in [2.05, 4.69) is 37.4 Å². The first-order valence-electron chi connectivity index (χ1n) is 11.2. The van der Waals surface area contributed by atoms with Crippen LogP contribution in [0.5, 0.6) is 0 Å². The molecule has 4 aromatic heterocycles. The summed E-state index contributed by atoms with van der Waals surface area (Å²) in [4.78, 5) is 37.9. The summed E-state index contributed by atoms with van der Waals surface area (Å²) in [5.74, 6) is 6.18. The maximum Gasteiger partial charge on any atom is 0.362 e. The molecule has 0 radical (unpaired) electrons. The highest BCUT2D eigenvalue weighted by molar-refractivity contribution is 5.92. The largest absolute Gasteiger partial charge is 0.362 e. The van der Waals surface area contributed by atoms with Crippen LogP contribution in [0.2, 0.25) is 0 Å². The summed E-state index contributed by atoms with van der Waals surface area (Å²) < 4.78 is 2.84. The number of nitrogens with zero attached hydrogens (tertiary/aromatic N) is 5. The molecule has 4 rings (SSSR count). The van der Waals surface area contributed by atoms with Crippen LogP contribution in [-0.2, 0) is 0 Å². The molecule has 9 heteroatoms. The predicted octanol–water partition coefficient (Wildman–Crippen LogP) is 2.88. The summed E-state index contributed by atoms with van der Waals surface area (Å²) in [6.45, 7) is 4.11. The van der Waals surface area contributed by atoms with Gasteiger partial charge in [-0.3, -0.25) is 9.20 Å². The molecular formula is C26H26N7O2+. The molecular weight excluding hydrogens is 442 g/mol. The van der Waals surface area contributed by atoms with Crippen LogP contribution in [0.15, 0.2) is 54.9 Å². The Morgan fingerprint density at radius 3 is 2.66 bits per heavy atom. The van der Waals surface area contributed by atoms with Crippen molar-refractivity contribution in [3.63, 3.8) is 0 Å². The van der Waals surface area contributed by atoms with Crippen LogP contribution >= 0.6 is 0 Å². The molecule has 2 N–H and O–H groups in total. The van der Waals surface area contributed by atoms with E-state index in [-0.39, 0.29) is 24.3 Å². The van der Waals surface area contributed by atoms with Crippen LogP contribution in [0.4, 0.5) is 5.82 Å². The number of amides is 1. The van der Waals surface area contributed by atoms with Gasteiger partial charge in [0.25, 0.3) is 5.91 Å². The molecule has 0 bridgehead atoms. The van der Waals surface area contributed by atoms with Gasteiger partial charge in [0.1, 0.15) is 17.9 Å². The molecule has 0 aliphatic rings. The van der Waals surface area contributed by atoms with Gasteiger partial charge in [0.15, 0.2) is 0 Å². The Hall–Kier alpha value is -4.42. The molecule has 1 amide bonds. The molecule has 0 fully saturated rings. The predicted molar refractivity (Wildman–Crippen MR) is 133 cm³/mol. The van der Waals surface area contributed by atoms with E-state index in [9.17, 15) is 9.70 Å². The van der Waals surface area contributed by atoms with Gasteiger partial charge in [-0.15, -0.1) is 0 Å². The number of nitroso groups, excluding NO2 is 1. The number of pyridine rings is 3. The van der Waals surface area contributed by atoms with Crippen LogP contribution in [0.3, 0.4) is 0 Å². The molecule has 0 aromatic carbocycles. The summed E-state index contributed by atoms with van der Waals surface area (Å²) in [6, 6.07) is 12.7. The van der Waals surface area contributed by atoms with E-state index in [1.165, 1.54) is 6.20 Å². The lowest BCUT2D eigenvalue weighted by atomic mass is 10.1. The molecule has 0 saturated carbocycles. The Bertz CT molecular complexity index is 1460. The van der Waals surface area contributed by atoms with E-state index < -0.39 is 0 Å². The monoisotopic (exact) mass is 468 g/mol. The van der Waals surface area contributed by atoms with Crippen molar-refractivity contribution in [3.8, 4) is 23.1 Å². The minimum Gasteiger partial charge on any atom is -0.354 e. The van der Waals surface area contributed by atoms with Gasteiger partial charge >= 0.3 is 5.82 Å². The highest BCUT2D eigenvalue weighted by Crippen LogP contribution is 2.28. The van der Waals surface area contributed by atoms with Gasteiger partial charge in [-0.25, -0.2) is 9.97 Å². The van der Waals surface area contributed by atoms with Crippen molar-refractivity contribution >= 4 is 17.4 Å². The normalized spacial score (nSPS) is 11.5. The van der Waals surface area contributed by atoms with E-state index in [1.54, 1.807) is 25.2 Å². The summed E-state index contributed by atoms with van der Waals surface area (Å²) in [5.41, 5.74) is 4.64. The number of nitrogens with one attached hydrogen (secondary N) is 2. The maximum atomic E-state index is 12.7. The van der Waals surface area contributed by atoms with Crippen molar-refractivity contribution in [2.75, 3.05) is 20.6 Å². The number of imidazole rings is 1. The molecule has 0 aliphatic carbocycles. The smallest absolute Gasteiger partial charge is 0.354 e. The zero-order valence-corrected chi connectivity index (χ0v) is 20.0. The molecule has 1 unspecified atom stereocenters. The molecule has 4 aromatic rings. The molecule has 0 aliphatic heterocycles. The number of aromatic nitrogens is 4. The van der Waals surface area contributed by atoms with Gasteiger partial charge in [0.2, 0.25) is 5.69 Å². The lowest BCUT2D eigenvalue weighted by Gasteiger charge is -2.06. The fraction of sp³-hybridized carbons (Fsp3) is 0.231. The number of aryl methyl sites for hydroxylation is 1. The zero-order chi connectivity index (χ0) is 24.9. The van der Waals surface area contributed by atoms with Crippen molar-refractivity contribution in [2.45, 2.75) is 19.9 Å². The minimum absolute atomic E-state index is 0.00515. The maximum absolute atomic E-state index is 12.7. The zero-order valence-electron chi connectivity index (χ0n) is 20.0. The van der Waals surface area contributed by atoms with Gasteiger partial charge in [-0.1, -0.05) is 16.9 Å². The summed E-state index contributed by atoms with van der Waals surface area (Å²) in [7, 11) is 3.36. The number of hydrogen-bond acceptors (Lipinski definition) is 6. The van der Waals surface area contributed by atoms with Crippen molar-refractivity contribution in [2.24, 2.45) is 0 Å². The first-order valence-corrected chi connectivity index (χ1v) is 11.2. The fourth-order valence-corrected chi connectivity index (χ4v) is 3.61. The van der Waals surface area contributed by atoms with Crippen LogP contribution in [0.1, 0.15) is 34.4 Å². The highest BCUT2D eigenvalue weighted by atomic mass is 16.3. The molecule has 4 heterocycles.